The molecule has 0 amide bonds. The Bertz CT molecular complexity index is 448. The van der Waals surface area contributed by atoms with Crippen LogP contribution in [0.3, 0.4) is 0 Å². The fourth-order valence-corrected chi connectivity index (χ4v) is 1.83. The lowest BCUT2D eigenvalue weighted by atomic mass is 10.0. The summed E-state index contributed by atoms with van der Waals surface area (Å²) in [7, 11) is 0. The van der Waals surface area contributed by atoms with Crippen molar-refractivity contribution in [3.05, 3.63) is 41.0 Å². The Kier molecular flexibility index (Phi) is 6.27. The van der Waals surface area contributed by atoms with Gasteiger partial charge in [-0.3, -0.25) is 0 Å². The largest absolute Gasteiger partial charge is 0.416 e. The molecule has 20 heavy (non-hydrogen) atoms. The lowest BCUT2D eigenvalue weighted by molar-refractivity contribution is -0.137. The zero-order chi connectivity index (χ0) is 15.2. The SMILES string of the molecule is Cc1cc(C(F)(F)F)ccc1/C=C/CCNCC(C)C. The van der Waals surface area contributed by atoms with E-state index in [4.69, 9.17) is 0 Å². The number of alkyl halides is 3. The summed E-state index contributed by atoms with van der Waals surface area (Å²) in [4.78, 5) is 0. The monoisotopic (exact) mass is 285 g/mol. The minimum Gasteiger partial charge on any atom is -0.316 e. The first-order valence-corrected chi connectivity index (χ1v) is 6.86. The van der Waals surface area contributed by atoms with E-state index in [0.717, 1.165) is 31.1 Å². The van der Waals surface area contributed by atoms with Crippen LogP contribution in [-0.2, 0) is 6.18 Å². The van der Waals surface area contributed by atoms with Crippen LogP contribution in [0.5, 0.6) is 0 Å². The molecule has 0 fully saturated rings. The minimum atomic E-state index is -4.27. The molecule has 0 aromatic heterocycles. The van der Waals surface area contributed by atoms with Crippen molar-refractivity contribution < 1.29 is 13.2 Å². The Morgan fingerprint density at radius 3 is 2.50 bits per heavy atom. The molecule has 1 nitrogen and oxygen atoms in total. The highest BCUT2D eigenvalue weighted by Crippen LogP contribution is 2.30. The second-order valence-electron chi connectivity index (χ2n) is 5.36. The molecule has 1 rings (SSSR count). The molecule has 0 aliphatic carbocycles. The van der Waals surface area contributed by atoms with Crippen LogP contribution in [0.2, 0.25) is 0 Å². The molecule has 1 aromatic rings. The van der Waals surface area contributed by atoms with Crippen molar-refractivity contribution in [1.29, 1.82) is 0 Å². The van der Waals surface area contributed by atoms with Gasteiger partial charge in [-0.1, -0.05) is 32.1 Å². The van der Waals surface area contributed by atoms with Gasteiger partial charge in [0.05, 0.1) is 5.56 Å². The quantitative estimate of drug-likeness (QED) is 0.749. The molecule has 1 N–H and O–H groups in total. The fourth-order valence-electron chi connectivity index (χ4n) is 1.83. The molecule has 0 bridgehead atoms. The second kappa shape index (κ2) is 7.48. The van der Waals surface area contributed by atoms with E-state index in [1.807, 2.05) is 12.2 Å². The molecule has 0 saturated heterocycles. The van der Waals surface area contributed by atoms with Gasteiger partial charge in [-0.15, -0.1) is 0 Å². The summed E-state index contributed by atoms with van der Waals surface area (Å²) >= 11 is 0. The average molecular weight is 285 g/mol. The van der Waals surface area contributed by atoms with Gasteiger partial charge < -0.3 is 5.32 Å². The fraction of sp³-hybridized carbons (Fsp3) is 0.500. The van der Waals surface area contributed by atoms with Crippen LogP contribution in [0.25, 0.3) is 6.08 Å². The highest BCUT2D eigenvalue weighted by Gasteiger charge is 2.30. The van der Waals surface area contributed by atoms with Crippen molar-refractivity contribution >= 4 is 6.08 Å². The summed E-state index contributed by atoms with van der Waals surface area (Å²) in [6, 6.07) is 3.84. The average Bonchev–Trinajstić information content (AvgIpc) is 2.33. The van der Waals surface area contributed by atoms with Gasteiger partial charge in [0.1, 0.15) is 0 Å². The van der Waals surface area contributed by atoms with Crippen molar-refractivity contribution in [1.82, 2.24) is 5.32 Å². The molecule has 0 atom stereocenters. The van der Waals surface area contributed by atoms with Crippen LogP contribution >= 0.6 is 0 Å². The maximum atomic E-state index is 12.5. The van der Waals surface area contributed by atoms with Gasteiger partial charge in [0.2, 0.25) is 0 Å². The van der Waals surface area contributed by atoms with Crippen LogP contribution < -0.4 is 5.32 Å². The summed E-state index contributed by atoms with van der Waals surface area (Å²) in [5.41, 5.74) is 0.888. The summed E-state index contributed by atoms with van der Waals surface area (Å²) in [6.45, 7) is 7.86. The normalized spacial score (nSPS) is 12.6. The zero-order valence-corrected chi connectivity index (χ0v) is 12.2. The van der Waals surface area contributed by atoms with Crippen LogP contribution in [-0.4, -0.2) is 13.1 Å². The third-order valence-corrected chi connectivity index (χ3v) is 2.93. The Hall–Kier alpha value is -1.29. The van der Waals surface area contributed by atoms with Crippen molar-refractivity contribution in [3.8, 4) is 0 Å². The number of rotatable bonds is 6. The molecule has 0 aliphatic heterocycles. The molecular weight excluding hydrogens is 263 g/mol. The Labute approximate surface area is 118 Å². The van der Waals surface area contributed by atoms with Gasteiger partial charge in [0.25, 0.3) is 0 Å². The maximum Gasteiger partial charge on any atom is 0.416 e. The van der Waals surface area contributed by atoms with Crippen LogP contribution in [0.1, 0.15) is 37.0 Å². The predicted molar refractivity (Wildman–Crippen MR) is 77.5 cm³/mol. The summed E-state index contributed by atoms with van der Waals surface area (Å²) < 4.78 is 37.6. The van der Waals surface area contributed by atoms with Gasteiger partial charge in [0, 0.05) is 0 Å². The number of halogens is 3. The first-order valence-electron chi connectivity index (χ1n) is 6.86. The molecule has 0 radical (unpaired) electrons. The number of nitrogens with one attached hydrogen (secondary N) is 1. The molecular formula is C16H22F3N. The molecule has 4 heteroatoms. The van der Waals surface area contributed by atoms with E-state index in [1.54, 1.807) is 6.92 Å². The first-order chi connectivity index (χ1) is 9.30. The van der Waals surface area contributed by atoms with Gasteiger partial charge in [0.15, 0.2) is 0 Å². The van der Waals surface area contributed by atoms with E-state index < -0.39 is 11.7 Å². The number of hydrogen-bond donors (Lipinski definition) is 1. The third-order valence-electron chi connectivity index (χ3n) is 2.93. The Morgan fingerprint density at radius 1 is 1.25 bits per heavy atom. The standard InChI is InChI=1S/C16H22F3N/c1-12(2)11-20-9-5-4-6-14-7-8-15(10-13(14)3)16(17,18)19/h4,6-8,10,12,20H,5,9,11H2,1-3H3/b6-4+. The van der Waals surface area contributed by atoms with E-state index in [-0.39, 0.29) is 0 Å². The van der Waals surface area contributed by atoms with Gasteiger partial charge >= 0.3 is 6.18 Å². The number of hydrogen-bond acceptors (Lipinski definition) is 1. The predicted octanol–water partition coefficient (Wildman–Crippen LogP) is 4.66. The summed E-state index contributed by atoms with van der Waals surface area (Å²) in [5.74, 6) is 0.621. The lowest BCUT2D eigenvalue weighted by Gasteiger charge is -2.09. The van der Waals surface area contributed by atoms with E-state index in [9.17, 15) is 13.2 Å². The minimum absolute atomic E-state index is 0.592. The van der Waals surface area contributed by atoms with Crippen molar-refractivity contribution in [2.45, 2.75) is 33.4 Å². The van der Waals surface area contributed by atoms with Gasteiger partial charge in [-0.2, -0.15) is 13.2 Å². The van der Waals surface area contributed by atoms with Crippen molar-refractivity contribution in [2.24, 2.45) is 5.92 Å². The van der Waals surface area contributed by atoms with Gasteiger partial charge in [-0.25, -0.2) is 0 Å². The Morgan fingerprint density at radius 2 is 1.95 bits per heavy atom. The zero-order valence-electron chi connectivity index (χ0n) is 12.2. The van der Waals surface area contributed by atoms with E-state index in [0.29, 0.717) is 11.5 Å². The summed E-state index contributed by atoms with van der Waals surface area (Å²) in [5, 5.41) is 3.31. The second-order valence-corrected chi connectivity index (χ2v) is 5.36. The Balaban J connectivity index is 2.52. The van der Waals surface area contributed by atoms with Gasteiger partial charge in [-0.05, 0) is 55.6 Å². The molecule has 0 saturated carbocycles. The summed E-state index contributed by atoms with van der Waals surface area (Å²) in [6.07, 6.45) is 0.469. The topological polar surface area (TPSA) is 12.0 Å². The van der Waals surface area contributed by atoms with Crippen LogP contribution in [0.4, 0.5) is 13.2 Å². The molecule has 0 heterocycles. The maximum absolute atomic E-state index is 12.5. The van der Waals surface area contributed by atoms with Crippen molar-refractivity contribution in [2.75, 3.05) is 13.1 Å². The van der Waals surface area contributed by atoms with E-state index in [1.165, 1.54) is 12.1 Å². The molecule has 112 valence electrons. The lowest BCUT2D eigenvalue weighted by Crippen LogP contribution is -2.20. The van der Waals surface area contributed by atoms with E-state index in [2.05, 4.69) is 19.2 Å². The first kappa shape index (κ1) is 16.8. The van der Waals surface area contributed by atoms with E-state index >= 15 is 0 Å². The smallest absolute Gasteiger partial charge is 0.316 e. The molecule has 0 unspecified atom stereocenters. The molecule has 1 aromatic carbocycles. The van der Waals surface area contributed by atoms with Crippen LogP contribution in [0.15, 0.2) is 24.3 Å². The van der Waals surface area contributed by atoms with Crippen molar-refractivity contribution in [3.63, 3.8) is 0 Å². The third kappa shape index (κ3) is 5.78. The number of benzene rings is 1. The molecule has 0 aliphatic rings. The molecule has 0 spiro atoms. The highest BCUT2D eigenvalue weighted by molar-refractivity contribution is 5.54. The number of aryl methyl sites for hydroxylation is 1. The highest BCUT2D eigenvalue weighted by atomic mass is 19.4. The van der Waals surface area contributed by atoms with Crippen LogP contribution in [0, 0.1) is 12.8 Å².